The number of rotatable bonds is 7. The van der Waals surface area contributed by atoms with Gasteiger partial charge in [-0.3, -0.25) is 0 Å². The van der Waals surface area contributed by atoms with E-state index in [9.17, 15) is 13.2 Å². The van der Waals surface area contributed by atoms with E-state index >= 15 is 0 Å². The van der Waals surface area contributed by atoms with Gasteiger partial charge in [0.05, 0.1) is 12.4 Å². The van der Waals surface area contributed by atoms with Crippen LogP contribution in [0.3, 0.4) is 0 Å². The van der Waals surface area contributed by atoms with Crippen molar-refractivity contribution in [1.82, 2.24) is 4.90 Å². The summed E-state index contributed by atoms with van der Waals surface area (Å²) in [4.78, 5) is 14.6. The fourth-order valence-electron chi connectivity index (χ4n) is 3.07. The molecule has 0 aromatic heterocycles. The molecule has 1 aliphatic heterocycles. The average Bonchev–Trinajstić information content (AvgIpc) is 3.14. The van der Waals surface area contributed by atoms with Gasteiger partial charge in [-0.15, -0.1) is 0 Å². The molecule has 1 heterocycles. The molecule has 7 nitrogen and oxygen atoms in total. The number of benzene rings is 2. The lowest BCUT2D eigenvalue weighted by atomic mass is 10.2. The summed E-state index contributed by atoms with van der Waals surface area (Å²) in [5.41, 5.74) is 1.55. The van der Waals surface area contributed by atoms with Crippen LogP contribution in [0.1, 0.15) is 18.4 Å². The van der Waals surface area contributed by atoms with Crippen molar-refractivity contribution in [2.24, 2.45) is 0 Å². The van der Waals surface area contributed by atoms with Gasteiger partial charge in [0.15, 0.2) is 0 Å². The Morgan fingerprint density at radius 1 is 1.28 bits per heavy atom. The van der Waals surface area contributed by atoms with Gasteiger partial charge in [0.2, 0.25) is 0 Å². The normalized spacial score (nSPS) is 16.4. The monoisotopic (exact) mass is 482 g/mol. The molecule has 0 aliphatic carbocycles. The number of amides is 2. The average molecular weight is 483 g/mol. The summed E-state index contributed by atoms with van der Waals surface area (Å²) in [5, 5.41) is 2.92. The lowest BCUT2D eigenvalue weighted by molar-refractivity contribution is 0.0819. The van der Waals surface area contributed by atoms with Crippen molar-refractivity contribution in [3.63, 3.8) is 0 Å². The molecule has 0 spiro atoms. The lowest BCUT2D eigenvalue weighted by Gasteiger charge is -2.26. The van der Waals surface area contributed by atoms with Gasteiger partial charge in [-0.1, -0.05) is 34.1 Å². The Bertz CT molecular complexity index is 944. The summed E-state index contributed by atoms with van der Waals surface area (Å²) >= 11 is 3.40. The van der Waals surface area contributed by atoms with Crippen molar-refractivity contribution in [2.75, 3.05) is 24.7 Å². The number of halogens is 1. The maximum atomic E-state index is 12.9. The molecule has 1 aliphatic rings. The maximum Gasteiger partial charge on any atom is 0.322 e. The highest BCUT2D eigenvalue weighted by molar-refractivity contribution is 9.10. The van der Waals surface area contributed by atoms with Gasteiger partial charge in [-0.05, 0) is 48.7 Å². The molecule has 2 aromatic rings. The smallest absolute Gasteiger partial charge is 0.322 e. The van der Waals surface area contributed by atoms with Crippen LogP contribution in [0, 0.1) is 0 Å². The number of anilines is 1. The van der Waals surface area contributed by atoms with Crippen LogP contribution in [0.2, 0.25) is 0 Å². The number of urea groups is 1. The number of nitrogens with one attached hydrogen (secondary N) is 1. The molecule has 1 atom stereocenters. The van der Waals surface area contributed by atoms with E-state index in [-0.39, 0.29) is 17.9 Å². The zero-order valence-corrected chi connectivity index (χ0v) is 18.4. The summed E-state index contributed by atoms with van der Waals surface area (Å²) in [6.45, 7) is 1.55. The standard InChI is InChI=1S/C20H23BrN2O5S/c1-29(25,26)28-18-9-7-15(8-10-18)13-23(14-19-6-3-11-27-19)20(24)22-17-5-2-4-16(21)12-17/h2,4-5,7-10,12,19H,3,6,11,13-14H2,1H3,(H,22,24). The van der Waals surface area contributed by atoms with Crippen molar-refractivity contribution >= 4 is 37.8 Å². The van der Waals surface area contributed by atoms with Gasteiger partial charge >= 0.3 is 16.1 Å². The quantitative estimate of drug-likeness (QED) is 0.602. The van der Waals surface area contributed by atoms with Gasteiger partial charge in [0.25, 0.3) is 0 Å². The number of carbonyl (C=O) groups excluding carboxylic acids is 1. The minimum Gasteiger partial charge on any atom is -0.383 e. The molecule has 0 radical (unpaired) electrons. The molecular formula is C20H23BrN2O5S. The van der Waals surface area contributed by atoms with Crippen molar-refractivity contribution in [3.05, 3.63) is 58.6 Å². The second-order valence-corrected chi connectivity index (χ2v) is 9.38. The largest absolute Gasteiger partial charge is 0.383 e. The Balaban J connectivity index is 1.71. The van der Waals surface area contributed by atoms with Crippen LogP contribution < -0.4 is 9.50 Å². The van der Waals surface area contributed by atoms with Gasteiger partial charge in [-0.25, -0.2) is 4.79 Å². The van der Waals surface area contributed by atoms with Crippen LogP contribution in [0.5, 0.6) is 5.75 Å². The first-order chi connectivity index (χ1) is 13.8. The van der Waals surface area contributed by atoms with E-state index in [1.807, 2.05) is 24.3 Å². The van der Waals surface area contributed by atoms with Crippen molar-refractivity contribution in [1.29, 1.82) is 0 Å². The molecule has 1 saturated heterocycles. The first-order valence-electron chi connectivity index (χ1n) is 9.20. The highest BCUT2D eigenvalue weighted by atomic mass is 79.9. The van der Waals surface area contributed by atoms with Crippen LogP contribution in [-0.2, 0) is 21.4 Å². The topological polar surface area (TPSA) is 84.9 Å². The molecule has 2 amide bonds. The van der Waals surface area contributed by atoms with E-state index < -0.39 is 10.1 Å². The van der Waals surface area contributed by atoms with E-state index in [2.05, 4.69) is 21.2 Å². The Hall–Kier alpha value is -2.10. The molecule has 9 heteroatoms. The Morgan fingerprint density at radius 3 is 2.66 bits per heavy atom. The first-order valence-corrected chi connectivity index (χ1v) is 11.8. The summed E-state index contributed by atoms with van der Waals surface area (Å²) in [6.07, 6.45) is 2.91. The van der Waals surface area contributed by atoms with Crippen LogP contribution in [0.4, 0.5) is 10.5 Å². The fraction of sp³-hybridized carbons (Fsp3) is 0.350. The van der Waals surface area contributed by atoms with Gasteiger partial charge in [0.1, 0.15) is 5.75 Å². The Morgan fingerprint density at radius 2 is 2.03 bits per heavy atom. The molecule has 2 aromatic carbocycles. The third kappa shape index (κ3) is 7.02. The van der Waals surface area contributed by atoms with Gasteiger partial charge < -0.3 is 19.1 Å². The van der Waals surface area contributed by atoms with E-state index in [0.717, 1.165) is 29.1 Å². The molecule has 0 saturated carbocycles. The molecule has 29 heavy (non-hydrogen) atoms. The highest BCUT2D eigenvalue weighted by Crippen LogP contribution is 2.20. The molecule has 1 fully saturated rings. The third-order valence-corrected chi connectivity index (χ3v) is 5.34. The van der Waals surface area contributed by atoms with Crippen LogP contribution in [-0.4, -0.2) is 44.9 Å². The third-order valence-electron chi connectivity index (χ3n) is 4.36. The summed E-state index contributed by atoms with van der Waals surface area (Å²) in [7, 11) is -3.58. The highest BCUT2D eigenvalue weighted by Gasteiger charge is 2.23. The predicted molar refractivity (Wildman–Crippen MR) is 114 cm³/mol. The molecule has 1 N–H and O–H groups in total. The first kappa shape index (κ1) is 21.6. The second kappa shape index (κ2) is 9.60. The number of nitrogens with zero attached hydrogens (tertiary/aromatic N) is 1. The van der Waals surface area contributed by atoms with E-state index in [1.165, 1.54) is 0 Å². The minimum atomic E-state index is -3.58. The number of hydrogen-bond acceptors (Lipinski definition) is 5. The van der Waals surface area contributed by atoms with Crippen LogP contribution in [0.15, 0.2) is 53.0 Å². The van der Waals surface area contributed by atoms with E-state index in [0.29, 0.717) is 25.4 Å². The summed E-state index contributed by atoms with van der Waals surface area (Å²) in [6, 6.07) is 13.8. The molecule has 3 rings (SSSR count). The molecule has 156 valence electrons. The lowest BCUT2D eigenvalue weighted by Crippen LogP contribution is -2.39. The van der Waals surface area contributed by atoms with E-state index in [4.69, 9.17) is 8.92 Å². The fourth-order valence-corrected chi connectivity index (χ4v) is 3.93. The SMILES string of the molecule is CS(=O)(=O)Oc1ccc(CN(CC2CCCO2)C(=O)Nc2cccc(Br)c2)cc1. The minimum absolute atomic E-state index is 0.0103. The number of hydrogen-bond donors (Lipinski definition) is 1. The summed E-state index contributed by atoms with van der Waals surface area (Å²) in [5.74, 6) is 0.237. The maximum absolute atomic E-state index is 12.9. The molecule has 1 unspecified atom stereocenters. The summed E-state index contributed by atoms with van der Waals surface area (Å²) < 4.78 is 33.9. The zero-order valence-electron chi connectivity index (χ0n) is 16.0. The van der Waals surface area contributed by atoms with Crippen LogP contribution >= 0.6 is 15.9 Å². The van der Waals surface area contributed by atoms with E-state index in [1.54, 1.807) is 29.2 Å². The number of carbonyl (C=O) groups is 1. The molecule has 0 bridgehead atoms. The molecular weight excluding hydrogens is 460 g/mol. The number of ether oxygens (including phenoxy) is 1. The van der Waals surface area contributed by atoms with Crippen LogP contribution in [0.25, 0.3) is 0 Å². The Kier molecular flexibility index (Phi) is 7.15. The van der Waals surface area contributed by atoms with Gasteiger partial charge in [0, 0.05) is 29.9 Å². The second-order valence-electron chi connectivity index (χ2n) is 6.89. The van der Waals surface area contributed by atoms with Crippen molar-refractivity contribution < 1.29 is 22.1 Å². The zero-order chi connectivity index (χ0) is 20.9. The predicted octanol–water partition coefficient (Wildman–Crippen LogP) is 4.00. The van der Waals surface area contributed by atoms with Gasteiger partial charge in [-0.2, -0.15) is 8.42 Å². The Labute approximate surface area is 179 Å². The van der Waals surface area contributed by atoms with Crippen molar-refractivity contribution in [2.45, 2.75) is 25.5 Å². The van der Waals surface area contributed by atoms with Crippen molar-refractivity contribution in [3.8, 4) is 5.75 Å².